The second kappa shape index (κ2) is 6.43. The fraction of sp³-hybridized carbons (Fsp3) is 0.429. The predicted octanol–water partition coefficient (Wildman–Crippen LogP) is 1.71. The van der Waals surface area contributed by atoms with Gasteiger partial charge in [0.15, 0.2) is 0 Å². The number of carbonyl (C=O) groups is 2. The molecule has 1 saturated heterocycles. The summed E-state index contributed by atoms with van der Waals surface area (Å²) in [5, 5.41) is 2.64. The molecule has 1 fully saturated rings. The minimum absolute atomic E-state index is 0.251. The molecule has 1 heterocycles. The Balaban J connectivity index is 2.14. The number of anilines is 1. The third-order valence-corrected chi connectivity index (χ3v) is 3.33. The Kier molecular flexibility index (Phi) is 4.62. The average Bonchev–Trinajstić information content (AvgIpc) is 2.91. The lowest BCUT2D eigenvalue weighted by molar-refractivity contribution is -0.121. The minimum atomic E-state index is -0.596. The zero-order valence-corrected chi connectivity index (χ0v) is 11.8. The maximum atomic E-state index is 13.2. The lowest BCUT2D eigenvalue weighted by atomic mass is 10.2. The van der Waals surface area contributed by atoms with Crippen LogP contribution in [0.5, 0.6) is 5.75 Å². The van der Waals surface area contributed by atoms with Gasteiger partial charge in [0.05, 0.1) is 12.3 Å². The number of benzene rings is 1. The van der Waals surface area contributed by atoms with Crippen LogP contribution in [0, 0.1) is 5.82 Å². The molecule has 1 aliphatic heterocycles. The van der Waals surface area contributed by atoms with Gasteiger partial charge in [-0.15, -0.1) is 0 Å². The van der Waals surface area contributed by atoms with E-state index in [1.807, 2.05) is 0 Å². The summed E-state index contributed by atoms with van der Waals surface area (Å²) in [6.45, 7) is 2.57. The summed E-state index contributed by atoms with van der Waals surface area (Å²) in [4.78, 5) is 24.9. The van der Waals surface area contributed by atoms with Gasteiger partial charge in [-0.05, 0) is 31.9 Å². The standard InChI is InChI=1S/C14H18FN3O3/c1-2-21-12-8-9(15)5-6-10(12)17-14(20)18-7-3-4-11(18)13(16)19/h5-6,8,11H,2-4,7H2,1H3,(H2,16,19)(H,17,20)/t11-/m0/s1. The van der Waals surface area contributed by atoms with E-state index in [2.05, 4.69) is 5.32 Å². The number of ether oxygens (including phenoxy) is 1. The summed E-state index contributed by atoms with van der Waals surface area (Å²) in [7, 11) is 0. The van der Waals surface area contributed by atoms with Gasteiger partial charge >= 0.3 is 6.03 Å². The van der Waals surface area contributed by atoms with Crippen LogP contribution in [0.4, 0.5) is 14.9 Å². The predicted molar refractivity (Wildman–Crippen MR) is 75.5 cm³/mol. The van der Waals surface area contributed by atoms with Crippen molar-refractivity contribution in [2.75, 3.05) is 18.5 Å². The van der Waals surface area contributed by atoms with Crippen LogP contribution in [0.2, 0.25) is 0 Å². The Bertz CT molecular complexity index is 550. The van der Waals surface area contributed by atoms with E-state index in [0.717, 1.165) is 6.42 Å². The number of rotatable bonds is 4. The number of primary amides is 1. The van der Waals surface area contributed by atoms with Gasteiger partial charge in [0.25, 0.3) is 0 Å². The molecule has 0 spiro atoms. The Morgan fingerprint density at radius 1 is 1.52 bits per heavy atom. The van der Waals surface area contributed by atoms with Crippen molar-refractivity contribution < 1.29 is 18.7 Å². The van der Waals surface area contributed by atoms with E-state index in [-0.39, 0.29) is 5.75 Å². The van der Waals surface area contributed by atoms with E-state index in [0.29, 0.717) is 25.3 Å². The molecule has 3 amide bonds. The minimum Gasteiger partial charge on any atom is -0.492 e. The molecule has 0 aromatic heterocycles. The number of nitrogens with two attached hydrogens (primary N) is 1. The first-order chi connectivity index (χ1) is 10.0. The molecule has 2 rings (SSSR count). The molecule has 0 radical (unpaired) electrons. The number of halogens is 1. The molecule has 0 bridgehead atoms. The lowest BCUT2D eigenvalue weighted by Gasteiger charge is -2.23. The quantitative estimate of drug-likeness (QED) is 0.886. The van der Waals surface area contributed by atoms with Crippen LogP contribution in [-0.4, -0.2) is 36.0 Å². The van der Waals surface area contributed by atoms with Crippen LogP contribution in [0.25, 0.3) is 0 Å². The van der Waals surface area contributed by atoms with E-state index < -0.39 is 23.8 Å². The van der Waals surface area contributed by atoms with Gasteiger partial charge in [-0.2, -0.15) is 0 Å². The number of likely N-dealkylation sites (tertiary alicyclic amines) is 1. The van der Waals surface area contributed by atoms with E-state index >= 15 is 0 Å². The SMILES string of the molecule is CCOc1cc(F)ccc1NC(=O)N1CCC[C@H]1C(N)=O. The molecule has 6 nitrogen and oxygen atoms in total. The van der Waals surface area contributed by atoms with E-state index in [4.69, 9.17) is 10.5 Å². The van der Waals surface area contributed by atoms with Gasteiger partial charge in [-0.25, -0.2) is 9.18 Å². The molecule has 0 unspecified atom stereocenters. The number of hydrogen-bond donors (Lipinski definition) is 2. The molecule has 3 N–H and O–H groups in total. The molecule has 1 atom stereocenters. The number of hydrogen-bond acceptors (Lipinski definition) is 3. The Hall–Kier alpha value is -2.31. The third-order valence-electron chi connectivity index (χ3n) is 3.33. The maximum Gasteiger partial charge on any atom is 0.322 e. The van der Waals surface area contributed by atoms with Gasteiger partial charge in [0.1, 0.15) is 17.6 Å². The highest BCUT2D eigenvalue weighted by Gasteiger charge is 2.32. The van der Waals surface area contributed by atoms with Crippen LogP contribution >= 0.6 is 0 Å². The van der Waals surface area contributed by atoms with Gasteiger partial charge in [-0.1, -0.05) is 0 Å². The number of nitrogens with zero attached hydrogens (tertiary/aromatic N) is 1. The van der Waals surface area contributed by atoms with Gasteiger partial charge < -0.3 is 20.7 Å². The van der Waals surface area contributed by atoms with E-state index in [1.54, 1.807) is 6.92 Å². The van der Waals surface area contributed by atoms with Crippen molar-refractivity contribution in [3.63, 3.8) is 0 Å². The van der Waals surface area contributed by atoms with E-state index in [1.165, 1.54) is 23.1 Å². The van der Waals surface area contributed by atoms with Crippen molar-refractivity contribution >= 4 is 17.6 Å². The first-order valence-corrected chi connectivity index (χ1v) is 6.82. The van der Waals surface area contributed by atoms with Gasteiger partial charge in [0.2, 0.25) is 5.91 Å². The van der Waals surface area contributed by atoms with Crippen molar-refractivity contribution in [1.82, 2.24) is 4.90 Å². The summed E-state index contributed by atoms with van der Waals surface area (Å²) < 4.78 is 18.5. The fourth-order valence-corrected chi connectivity index (χ4v) is 2.37. The second-order valence-electron chi connectivity index (χ2n) is 4.76. The molecule has 21 heavy (non-hydrogen) atoms. The molecule has 7 heteroatoms. The fourth-order valence-electron chi connectivity index (χ4n) is 2.37. The van der Waals surface area contributed by atoms with Gasteiger partial charge in [0, 0.05) is 12.6 Å². The number of amides is 3. The number of nitrogens with one attached hydrogen (secondary N) is 1. The number of carbonyl (C=O) groups excluding carboxylic acids is 2. The molecular weight excluding hydrogens is 277 g/mol. The van der Waals surface area contributed by atoms with Crippen LogP contribution < -0.4 is 15.8 Å². The molecule has 1 aliphatic rings. The van der Waals surface area contributed by atoms with Crippen molar-refractivity contribution in [3.8, 4) is 5.75 Å². The maximum absolute atomic E-state index is 13.2. The van der Waals surface area contributed by atoms with Crippen LogP contribution in [-0.2, 0) is 4.79 Å². The molecule has 114 valence electrons. The van der Waals surface area contributed by atoms with Crippen LogP contribution in [0.1, 0.15) is 19.8 Å². The topological polar surface area (TPSA) is 84.7 Å². The summed E-state index contributed by atoms with van der Waals surface area (Å²) >= 11 is 0. The zero-order chi connectivity index (χ0) is 15.4. The monoisotopic (exact) mass is 295 g/mol. The zero-order valence-electron chi connectivity index (χ0n) is 11.8. The number of urea groups is 1. The first kappa shape index (κ1) is 15.1. The van der Waals surface area contributed by atoms with Crippen molar-refractivity contribution in [3.05, 3.63) is 24.0 Å². The largest absolute Gasteiger partial charge is 0.492 e. The average molecular weight is 295 g/mol. The summed E-state index contributed by atoms with van der Waals surface area (Å²) in [5.41, 5.74) is 5.64. The first-order valence-electron chi connectivity index (χ1n) is 6.82. The summed E-state index contributed by atoms with van der Waals surface area (Å²) in [5.74, 6) is -0.722. The van der Waals surface area contributed by atoms with Crippen molar-refractivity contribution in [2.45, 2.75) is 25.8 Å². The highest BCUT2D eigenvalue weighted by atomic mass is 19.1. The summed E-state index contributed by atoms with van der Waals surface area (Å²) in [6.07, 6.45) is 1.28. The lowest BCUT2D eigenvalue weighted by Crippen LogP contribution is -2.45. The highest BCUT2D eigenvalue weighted by Crippen LogP contribution is 2.27. The van der Waals surface area contributed by atoms with E-state index in [9.17, 15) is 14.0 Å². The van der Waals surface area contributed by atoms with Crippen molar-refractivity contribution in [2.24, 2.45) is 5.73 Å². The van der Waals surface area contributed by atoms with Crippen LogP contribution in [0.15, 0.2) is 18.2 Å². The summed E-state index contributed by atoms with van der Waals surface area (Å²) in [6, 6.07) is 2.82. The Morgan fingerprint density at radius 3 is 2.95 bits per heavy atom. The normalized spacial score (nSPS) is 17.6. The van der Waals surface area contributed by atoms with Crippen molar-refractivity contribution in [1.29, 1.82) is 0 Å². The van der Waals surface area contributed by atoms with Gasteiger partial charge in [-0.3, -0.25) is 4.79 Å². The Labute approximate surface area is 122 Å². The van der Waals surface area contributed by atoms with Crippen LogP contribution in [0.3, 0.4) is 0 Å². The smallest absolute Gasteiger partial charge is 0.322 e. The molecular formula is C14H18FN3O3. The Morgan fingerprint density at radius 2 is 2.29 bits per heavy atom. The molecule has 1 aromatic carbocycles. The molecule has 1 aromatic rings. The third kappa shape index (κ3) is 3.42. The molecule has 0 saturated carbocycles. The second-order valence-corrected chi connectivity index (χ2v) is 4.76. The highest BCUT2D eigenvalue weighted by molar-refractivity contribution is 5.94. The molecule has 0 aliphatic carbocycles.